The Bertz CT molecular complexity index is 1170. The molecule has 1 aliphatic rings. The fourth-order valence-electron chi connectivity index (χ4n) is 3.34. The molecule has 3 aromatic heterocycles. The number of aromatic nitrogens is 4. The summed E-state index contributed by atoms with van der Waals surface area (Å²) in [7, 11) is 0. The molecule has 1 aromatic carbocycles. The molecule has 7 heteroatoms. The molecule has 134 valence electrons. The van der Waals surface area contributed by atoms with E-state index < -0.39 is 0 Å². The summed E-state index contributed by atoms with van der Waals surface area (Å²) in [6.07, 6.45) is 3.71. The zero-order valence-corrected chi connectivity index (χ0v) is 14.7. The Morgan fingerprint density at radius 1 is 1.26 bits per heavy atom. The van der Waals surface area contributed by atoms with E-state index in [1.165, 1.54) is 6.92 Å². The number of benzene rings is 1. The van der Waals surface area contributed by atoms with Crippen molar-refractivity contribution in [1.82, 2.24) is 19.7 Å². The number of amides is 1. The summed E-state index contributed by atoms with van der Waals surface area (Å²) in [6, 6.07) is 11.8. The number of nitrogens with zero attached hydrogens (tertiary/aromatic N) is 3. The average molecular weight is 359 g/mol. The third kappa shape index (κ3) is 2.83. The SMILES string of the molecule is CC(=O)Nc1ccc2c(c1)OCc1cc(-c3cnc4[nH]ccc4c3)nn1C2. The predicted octanol–water partition coefficient (Wildman–Crippen LogP) is 3.33. The molecular weight excluding hydrogens is 342 g/mol. The third-order valence-electron chi connectivity index (χ3n) is 4.64. The summed E-state index contributed by atoms with van der Waals surface area (Å²) in [6.45, 7) is 2.53. The highest BCUT2D eigenvalue weighted by Crippen LogP contribution is 2.30. The number of rotatable bonds is 2. The van der Waals surface area contributed by atoms with Crippen LogP contribution in [-0.2, 0) is 17.9 Å². The lowest BCUT2D eigenvalue weighted by molar-refractivity contribution is -0.114. The van der Waals surface area contributed by atoms with Gasteiger partial charge in [0.05, 0.1) is 17.9 Å². The monoisotopic (exact) mass is 359 g/mol. The van der Waals surface area contributed by atoms with Crippen LogP contribution in [0.3, 0.4) is 0 Å². The van der Waals surface area contributed by atoms with Crippen molar-refractivity contribution in [3.05, 3.63) is 60.0 Å². The average Bonchev–Trinajstić information content (AvgIpc) is 3.24. The van der Waals surface area contributed by atoms with E-state index in [4.69, 9.17) is 9.84 Å². The minimum Gasteiger partial charge on any atom is -0.487 e. The molecular formula is C20H17N5O2. The van der Waals surface area contributed by atoms with Crippen LogP contribution >= 0.6 is 0 Å². The number of H-pyrrole nitrogens is 1. The van der Waals surface area contributed by atoms with Gasteiger partial charge < -0.3 is 15.0 Å². The van der Waals surface area contributed by atoms with Crippen molar-refractivity contribution in [1.29, 1.82) is 0 Å². The number of ether oxygens (including phenoxy) is 1. The van der Waals surface area contributed by atoms with Crippen LogP contribution in [0.25, 0.3) is 22.3 Å². The van der Waals surface area contributed by atoms with Crippen molar-refractivity contribution >= 4 is 22.6 Å². The molecule has 0 atom stereocenters. The number of hydrogen-bond donors (Lipinski definition) is 2. The van der Waals surface area contributed by atoms with E-state index in [1.54, 1.807) is 0 Å². The molecule has 0 saturated carbocycles. The van der Waals surface area contributed by atoms with Crippen LogP contribution in [0, 0.1) is 0 Å². The maximum Gasteiger partial charge on any atom is 0.221 e. The van der Waals surface area contributed by atoms with Gasteiger partial charge in [0.15, 0.2) is 0 Å². The maximum absolute atomic E-state index is 11.2. The van der Waals surface area contributed by atoms with Gasteiger partial charge in [0.1, 0.15) is 18.0 Å². The highest BCUT2D eigenvalue weighted by Gasteiger charge is 2.18. The van der Waals surface area contributed by atoms with Crippen molar-refractivity contribution in [2.75, 3.05) is 5.32 Å². The molecule has 7 nitrogen and oxygen atoms in total. The van der Waals surface area contributed by atoms with Crippen LogP contribution in [0.2, 0.25) is 0 Å². The number of carbonyl (C=O) groups is 1. The normalized spacial score (nSPS) is 12.8. The summed E-state index contributed by atoms with van der Waals surface area (Å²) < 4.78 is 7.93. The number of fused-ring (bicyclic) bond motifs is 3. The number of carbonyl (C=O) groups excluding carboxylic acids is 1. The molecule has 1 amide bonds. The molecule has 1 aliphatic heterocycles. The van der Waals surface area contributed by atoms with Crippen molar-refractivity contribution in [2.24, 2.45) is 0 Å². The van der Waals surface area contributed by atoms with Gasteiger partial charge in [-0.05, 0) is 24.3 Å². The molecule has 5 rings (SSSR count). The summed E-state index contributed by atoms with van der Waals surface area (Å²) in [5.41, 5.74) is 5.47. The number of pyridine rings is 1. The summed E-state index contributed by atoms with van der Waals surface area (Å²) >= 11 is 0. The van der Waals surface area contributed by atoms with E-state index in [-0.39, 0.29) is 5.91 Å². The number of hydrogen-bond acceptors (Lipinski definition) is 4. The van der Waals surface area contributed by atoms with E-state index in [0.29, 0.717) is 13.2 Å². The highest BCUT2D eigenvalue weighted by molar-refractivity contribution is 5.89. The number of anilines is 1. The topological polar surface area (TPSA) is 84.8 Å². The Hall–Kier alpha value is -3.61. The van der Waals surface area contributed by atoms with Gasteiger partial charge in [-0.3, -0.25) is 9.48 Å². The second kappa shape index (κ2) is 5.98. The van der Waals surface area contributed by atoms with Crippen LogP contribution in [-0.4, -0.2) is 25.7 Å². The highest BCUT2D eigenvalue weighted by atomic mass is 16.5. The lowest BCUT2D eigenvalue weighted by Crippen LogP contribution is -2.06. The largest absolute Gasteiger partial charge is 0.487 e. The fraction of sp³-hybridized carbons (Fsp3) is 0.150. The maximum atomic E-state index is 11.2. The lowest BCUT2D eigenvalue weighted by Gasteiger charge is -2.09. The molecule has 0 unspecified atom stereocenters. The smallest absolute Gasteiger partial charge is 0.221 e. The molecule has 0 aliphatic carbocycles. The Labute approximate surface area is 155 Å². The molecule has 4 heterocycles. The van der Waals surface area contributed by atoms with Crippen molar-refractivity contribution in [3.8, 4) is 17.0 Å². The van der Waals surface area contributed by atoms with Gasteiger partial charge in [-0.2, -0.15) is 5.10 Å². The predicted molar refractivity (Wildman–Crippen MR) is 101 cm³/mol. The Balaban J connectivity index is 1.47. The zero-order chi connectivity index (χ0) is 18.4. The van der Waals surface area contributed by atoms with Gasteiger partial charge in [-0.1, -0.05) is 6.07 Å². The van der Waals surface area contributed by atoms with Crippen molar-refractivity contribution in [3.63, 3.8) is 0 Å². The van der Waals surface area contributed by atoms with Crippen LogP contribution in [0.5, 0.6) is 5.75 Å². The number of aromatic amines is 1. The van der Waals surface area contributed by atoms with Gasteiger partial charge in [0.25, 0.3) is 0 Å². The van der Waals surface area contributed by atoms with E-state index >= 15 is 0 Å². The fourth-order valence-corrected chi connectivity index (χ4v) is 3.34. The minimum absolute atomic E-state index is 0.103. The first-order valence-corrected chi connectivity index (χ1v) is 8.69. The van der Waals surface area contributed by atoms with Gasteiger partial charge in [0.2, 0.25) is 5.91 Å². The summed E-state index contributed by atoms with van der Waals surface area (Å²) in [5, 5.41) is 8.60. The van der Waals surface area contributed by atoms with E-state index in [9.17, 15) is 4.79 Å². The van der Waals surface area contributed by atoms with Crippen LogP contribution in [0.15, 0.2) is 48.8 Å². The summed E-state index contributed by atoms with van der Waals surface area (Å²) in [4.78, 5) is 18.8. The number of nitrogens with one attached hydrogen (secondary N) is 2. The van der Waals surface area contributed by atoms with Crippen LogP contribution in [0.4, 0.5) is 5.69 Å². The molecule has 0 fully saturated rings. The molecule has 0 radical (unpaired) electrons. The van der Waals surface area contributed by atoms with Gasteiger partial charge in [-0.25, -0.2) is 4.98 Å². The molecule has 0 spiro atoms. The first-order chi connectivity index (χ1) is 13.2. The molecule has 0 saturated heterocycles. The third-order valence-corrected chi connectivity index (χ3v) is 4.64. The van der Waals surface area contributed by atoms with Crippen molar-refractivity contribution in [2.45, 2.75) is 20.1 Å². The standard InChI is InChI=1S/C20H17N5O2/c1-12(26)23-16-3-2-14-10-25-17(11-27-19(14)7-16)8-18(24-25)15-6-13-4-5-21-20(13)22-9-15/h2-9H,10-11H2,1H3,(H,21,22)(H,23,26). The Morgan fingerprint density at radius 2 is 2.19 bits per heavy atom. The Kier molecular flexibility index (Phi) is 3.46. The first-order valence-electron chi connectivity index (χ1n) is 8.69. The second-order valence-electron chi connectivity index (χ2n) is 6.61. The second-order valence-corrected chi connectivity index (χ2v) is 6.61. The van der Waals surface area contributed by atoms with Crippen LogP contribution in [0.1, 0.15) is 18.2 Å². The minimum atomic E-state index is -0.103. The van der Waals surface area contributed by atoms with Crippen LogP contribution < -0.4 is 10.1 Å². The van der Waals surface area contributed by atoms with Gasteiger partial charge in [-0.15, -0.1) is 0 Å². The van der Waals surface area contributed by atoms with Gasteiger partial charge >= 0.3 is 0 Å². The Morgan fingerprint density at radius 3 is 3.07 bits per heavy atom. The van der Waals surface area contributed by atoms with E-state index in [2.05, 4.69) is 21.4 Å². The lowest BCUT2D eigenvalue weighted by atomic mass is 10.2. The molecule has 27 heavy (non-hydrogen) atoms. The van der Waals surface area contributed by atoms with Crippen molar-refractivity contribution < 1.29 is 9.53 Å². The summed E-state index contributed by atoms with van der Waals surface area (Å²) in [5.74, 6) is 0.665. The molecule has 4 aromatic rings. The van der Waals surface area contributed by atoms with Gasteiger partial charge in [0, 0.05) is 47.6 Å². The first kappa shape index (κ1) is 15.6. The van der Waals surface area contributed by atoms with E-state index in [0.717, 1.165) is 45.0 Å². The zero-order valence-electron chi connectivity index (χ0n) is 14.7. The molecule has 2 N–H and O–H groups in total. The van der Waals surface area contributed by atoms with E-state index in [1.807, 2.05) is 47.4 Å². The quantitative estimate of drug-likeness (QED) is 0.575. The molecule has 0 bridgehead atoms.